The summed E-state index contributed by atoms with van der Waals surface area (Å²) in [5.74, 6) is 5.23. The van der Waals surface area contributed by atoms with Crippen LogP contribution in [0.15, 0.2) is 60.7 Å². The Morgan fingerprint density at radius 2 is 1.74 bits per heavy atom. The van der Waals surface area contributed by atoms with Gasteiger partial charge in [0.05, 0.1) is 5.56 Å². The summed E-state index contributed by atoms with van der Waals surface area (Å²) in [4.78, 5) is 12.1. The minimum atomic E-state index is -0.488. The lowest BCUT2D eigenvalue weighted by molar-refractivity contribution is 0.143. The predicted molar refractivity (Wildman–Crippen MR) is 120 cm³/mol. The molecule has 5 heteroatoms. The molecule has 0 spiro atoms. The fourth-order valence-electron chi connectivity index (χ4n) is 3.83. The van der Waals surface area contributed by atoms with Gasteiger partial charge in [-0.25, -0.2) is 9.18 Å². The van der Waals surface area contributed by atoms with Crippen LogP contribution in [0.5, 0.6) is 0 Å². The first-order valence-corrected chi connectivity index (χ1v) is 10.2. The molecule has 31 heavy (non-hydrogen) atoms. The van der Waals surface area contributed by atoms with Gasteiger partial charge in [-0.15, -0.1) is 0 Å². The van der Waals surface area contributed by atoms with Crippen molar-refractivity contribution in [2.45, 2.75) is 19.3 Å². The molecule has 0 atom stereocenters. The van der Waals surface area contributed by atoms with Crippen molar-refractivity contribution in [3.63, 3.8) is 0 Å². The quantitative estimate of drug-likeness (QED) is 0.359. The number of ether oxygens (including phenoxy) is 1. The van der Waals surface area contributed by atoms with Crippen molar-refractivity contribution in [2.75, 3.05) is 18.9 Å². The maximum Gasteiger partial charge on any atom is 0.407 e. The molecule has 4 rings (SSSR count). The molecular formula is C26H23FN2O2. The molecule has 156 valence electrons. The van der Waals surface area contributed by atoms with E-state index in [-0.39, 0.29) is 12.5 Å². The van der Waals surface area contributed by atoms with Crippen LogP contribution >= 0.6 is 0 Å². The number of carbonyl (C=O) groups is 1. The van der Waals surface area contributed by atoms with Crippen molar-refractivity contribution in [3.8, 4) is 23.0 Å². The van der Waals surface area contributed by atoms with Gasteiger partial charge in [0.25, 0.3) is 0 Å². The molecule has 0 aliphatic heterocycles. The van der Waals surface area contributed by atoms with Crippen LogP contribution in [0.1, 0.15) is 34.6 Å². The molecule has 1 aliphatic rings. The zero-order valence-electron chi connectivity index (χ0n) is 17.2. The number of fused-ring (bicyclic) bond motifs is 3. The van der Waals surface area contributed by atoms with Gasteiger partial charge in [0.1, 0.15) is 12.4 Å². The van der Waals surface area contributed by atoms with Crippen LogP contribution in [-0.4, -0.2) is 19.2 Å². The largest absolute Gasteiger partial charge is 0.449 e. The van der Waals surface area contributed by atoms with E-state index in [0.29, 0.717) is 24.2 Å². The molecule has 0 saturated heterocycles. The van der Waals surface area contributed by atoms with Gasteiger partial charge >= 0.3 is 6.09 Å². The molecule has 0 bridgehead atoms. The number of hydrogen-bond donors (Lipinski definition) is 2. The van der Waals surface area contributed by atoms with E-state index in [4.69, 9.17) is 10.5 Å². The number of carbonyl (C=O) groups excluding carboxylic acids is 1. The number of nitrogens with two attached hydrogens (primary N) is 1. The second-order valence-corrected chi connectivity index (χ2v) is 7.49. The van der Waals surface area contributed by atoms with Crippen LogP contribution in [0.2, 0.25) is 0 Å². The van der Waals surface area contributed by atoms with E-state index >= 15 is 0 Å². The molecule has 0 radical (unpaired) electrons. The average molecular weight is 414 g/mol. The molecule has 0 aromatic heterocycles. The third-order valence-corrected chi connectivity index (χ3v) is 5.44. The van der Waals surface area contributed by atoms with E-state index in [9.17, 15) is 9.18 Å². The summed E-state index contributed by atoms with van der Waals surface area (Å²) in [6.07, 6.45) is -0.106. The highest BCUT2D eigenvalue weighted by atomic mass is 19.1. The summed E-state index contributed by atoms with van der Waals surface area (Å²) in [5, 5.41) is 2.70. The average Bonchev–Trinajstić information content (AvgIpc) is 3.09. The molecule has 3 N–H and O–H groups in total. The lowest BCUT2D eigenvalue weighted by atomic mass is 9.98. The summed E-state index contributed by atoms with van der Waals surface area (Å²) in [5.41, 5.74) is 11.9. The normalized spacial score (nSPS) is 11.8. The van der Waals surface area contributed by atoms with Gasteiger partial charge in [-0.1, -0.05) is 60.4 Å². The Kier molecular flexibility index (Phi) is 5.90. The van der Waals surface area contributed by atoms with Crippen LogP contribution in [0.3, 0.4) is 0 Å². The third-order valence-electron chi connectivity index (χ3n) is 5.44. The number of halogens is 1. The van der Waals surface area contributed by atoms with E-state index in [1.807, 2.05) is 24.3 Å². The smallest absolute Gasteiger partial charge is 0.407 e. The summed E-state index contributed by atoms with van der Waals surface area (Å²) in [7, 11) is 0. The highest BCUT2D eigenvalue weighted by Gasteiger charge is 2.28. The van der Waals surface area contributed by atoms with Crippen molar-refractivity contribution in [3.05, 3.63) is 88.7 Å². The Balaban J connectivity index is 1.30. The molecule has 0 heterocycles. The number of alkyl carbamates (subject to hydrolysis) is 1. The molecular weight excluding hydrogens is 391 g/mol. The maximum absolute atomic E-state index is 13.9. The molecule has 4 nitrogen and oxygen atoms in total. The van der Waals surface area contributed by atoms with Crippen LogP contribution < -0.4 is 11.1 Å². The summed E-state index contributed by atoms with van der Waals surface area (Å²) in [6.45, 7) is 2.39. The van der Waals surface area contributed by atoms with Crippen molar-refractivity contribution in [1.82, 2.24) is 5.32 Å². The van der Waals surface area contributed by atoms with Gasteiger partial charge < -0.3 is 15.8 Å². The Bertz CT molecular complexity index is 1150. The predicted octanol–water partition coefficient (Wildman–Crippen LogP) is 5.00. The number of nitrogen functional groups attached to an aromatic ring is 1. The van der Waals surface area contributed by atoms with Gasteiger partial charge in [0.15, 0.2) is 0 Å². The van der Waals surface area contributed by atoms with E-state index in [1.165, 1.54) is 28.3 Å². The number of amides is 1. The zero-order valence-corrected chi connectivity index (χ0v) is 17.2. The summed E-state index contributed by atoms with van der Waals surface area (Å²) in [6, 6.07) is 19.3. The summed E-state index contributed by atoms with van der Waals surface area (Å²) < 4.78 is 19.3. The SMILES string of the molecule is Cc1cc(C#CCCNC(=O)OCC2c3ccccc3-c3ccccc32)c(F)cc1N. The third kappa shape index (κ3) is 4.39. The van der Waals surface area contributed by atoms with Crippen LogP contribution in [0, 0.1) is 24.6 Å². The van der Waals surface area contributed by atoms with Gasteiger partial charge in [-0.3, -0.25) is 0 Å². The summed E-state index contributed by atoms with van der Waals surface area (Å²) >= 11 is 0. The van der Waals surface area contributed by atoms with Gasteiger partial charge in [0.2, 0.25) is 0 Å². The van der Waals surface area contributed by atoms with Crippen molar-refractivity contribution >= 4 is 11.8 Å². The van der Waals surface area contributed by atoms with Crippen LogP contribution in [-0.2, 0) is 4.74 Å². The molecule has 0 fully saturated rings. The Morgan fingerprint density at radius 1 is 1.10 bits per heavy atom. The molecule has 1 aliphatic carbocycles. The lowest BCUT2D eigenvalue weighted by Crippen LogP contribution is -2.26. The number of benzene rings is 3. The number of anilines is 1. The van der Waals surface area contributed by atoms with E-state index in [2.05, 4.69) is 41.4 Å². The maximum atomic E-state index is 13.9. The minimum absolute atomic E-state index is 0.0228. The molecule has 3 aromatic rings. The molecule has 0 unspecified atom stereocenters. The Morgan fingerprint density at radius 3 is 2.42 bits per heavy atom. The second-order valence-electron chi connectivity index (χ2n) is 7.49. The molecule has 1 amide bonds. The van der Waals surface area contributed by atoms with Gasteiger partial charge in [-0.05, 0) is 46.9 Å². The highest BCUT2D eigenvalue weighted by molar-refractivity contribution is 5.79. The zero-order chi connectivity index (χ0) is 21.8. The standard InChI is InChI=1S/C26H23FN2O2/c1-17-14-18(24(27)15-25(17)28)8-6-7-13-29-26(30)31-16-23-21-11-4-2-9-19(21)20-10-3-5-12-22(20)23/h2-5,9-12,14-15,23H,7,13,16,28H2,1H3,(H,29,30). The number of hydrogen-bond acceptors (Lipinski definition) is 3. The topological polar surface area (TPSA) is 64.3 Å². The highest BCUT2D eigenvalue weighted by Crippen LogP contribution is 2.44. The van der Waals surface area contributed by atoms with Crippen molar-refractivity contribution < 1.29 is 13.9 Å². The minimum Gasteiger partial charge on any atom is -0.449 e. The fourth-order valence-corrected chi connectivity index (χ4v) is 3.83. The number of rotatable bonds is 4. The van der Waals surface area contributed by atoms with Gasteiger partial charge in [-0.2, -0.15) is 0 Å². The first-order valence-electron chi connectivity index (χ1n) is 10.2. The fraction of sp³-hybridized carbons (Fsp3) is 0.192. The molecule has 3 aromatic carbocycles. The van der Waals surface area contributed by atoms with Gasteiger partial charge in [0, 0.05) is 24.6 Å². The Hall–Kier alpha value is -3.78. The first-order chi connectivity index (χ1) is 15.0. The second kappa shape index (κ2) is 8.93. The first kappa shape index (κ1) is 20.5. The Labute approximate surface area is 181 Å². The van der Waals surface area contributed by atoms with Crippen LogP contribution in [0.4, 0.5) is 14.9 Å². The molecule has 0 saturated carbocycles. The van der Waals surface area contributed by atoms with E-state index in [1.54, 1.807) is 13.0 Å². The van der Waals surface area contributed by atoms with Crippen molar-refractivity contribution in [1.29, 1.82) is 0 Å². The number of aryl methyl sites for hydroxylation is 1. The van der Waals surface area contributed by atoms with Crippen molar-refractivity contribution in [2.24, 2.45) is 0 Å². The van der Waals surface area contributed by atoms with E-state index in [0.717, 1.165) is 5.56 Å². The van der Waals surface area contributed by atoms with E-state index < -0.39 is 11.9 Å². The monoisotopic (exact) mass is 414 g/mol. The number of nitrogens with one attached hydrogen (secondary N) is 1. The lowest BCUT2D eigenvalue weighted by Gasteiger charge is -2.14. The van der Waals surface area contributed by atoms with Crippen LogP contribution in [0.25, 0.3) is 11.1 Å².